The third-order valence-corrected chi connectivity index (χ3v) is 4.56. The molecule has 0 unspecified atom stereocenters. The van der Waals surface area contributed by atoms with Gasteiger partial charge in [0.05, 0.1) is 15.7 Å². The minimum absolute atomic E-state index is 0.00977. The molecule has 154 valence electrons. The summed E-state index contributed by atoms with van der Waals surface area (Å²) in [6.07, 6.45) is 0.0789. The lowest BCUT2D eigenvalue weighted by Crippen LogP contribution is -2.40. The van der Waals surface area contributed by atoms with E-state index in [-0.39, 0.29) is 6.61 Å². The normalized spacial score (nSPS) is 11.4. The second-order valence-corrected chi connectivity index (χ2v) is 8.02. The molecule has 7 nitrogen and oxygen atoms in total. The van der Waals surface area contributed by atoms with Crippen LogP contribution >= 0.6 is 23.2 Å². The number of carbonyl (C=O) groups excluding carboxylic acids is 1. The lowest BCUT2D eigenvalue weighted by atomic mass is 10.1. The fourth-order valence-electron chi connectivity index (χ4n) is 2.46. The number of ether oxygens (including phenoxy) is 1. The summed E-state index contributed by atoms with van der Waals surface area (Å²) in [5.41, 5.74) is 0.919. The Morgan fingerprint density at radius 3 is 2.75 bits per heavy atom. The van der Waals surface area contributed by atoms with Gasteiger partial charge in [0.15, 0.2) is 0 Å². The zero-order valence-electron chi connectivity index (χ0n) is 16.3. The molecule has 0 radical (unpaired) electrons. The summed E-state index contributed by atoms with van der Waals surface area (Å²) in [7, 11) is 0. The zero-order chi connectivity index (χ0) is 20.7. The van der Waals surface area contributed by atoms with Gasteiger partial charge in [0.2, 0.25) is 0 Å². The van der Waals surface area contributed by atoms with Crippen LogP contribution < -0.4 is 5.32 Å². The van der Waals surface area contributed by atoms with Crippen LogP contribution in [0.4, 0.5) is 10.6 Å². The number of aromatic amines is 1. The van der Waals surface area contributed by atoms with E-state index in [4.69, 9.17) is 33.0 Å². The number of anilines is 1. The molecule has 0 fully saturated rings. The Morgan fingerprint density at radius 1 is 1.32 bits per heavy atom. The number of H-pyrrole nitrogens is 1. The van der Waals surface area contributed by atoms with Crippen molar-refractivity contribution in [2.24, 2.45) is 0 Å². The van der Waals surface area contributed by atoms with E-state index in [9.17, 15) is 4.79 Å². The number of nitrogens with one attached hydrogen (secondary N) is 2. The first kappa shape index (κ1) is 22.3. The molecule has 1 heterocycles. The van der Waals surface area contributed by atoms with Crippen LogP contribution in [-0.4, -0.2) is 58.1 Å². The summed E-state index contributed by atoms with van der Waals surface area (Å²) in [4.78, 5) is 13.9. The van der Waals surface area contributed by atoms with Crippen molar-refractivity contribution in [3.05, 3.63) is 34.3 Å². The minimum Gasteiger partial charge on any atom is -0.444 e. The number of halogens is 2. The van der Waals surface area contributed by atoms with Crippen LogP contribution in [0.2, 0.25) is 10.0 Å². The number of hydrogen-bond acceptors (Lipinski definition) is 5. The smallest absolute Gasteiger partial charge is 0.410 e. The minimum atomic E-state index is -0.574. The highest BCUT2D eigenvalue weighted by Crippen LogP contribution is 2.33. The summed E-state index contributed by atoms with van der Waals surface area (Å²) in [5.74, 6) is 0.623. The Morgan fingerprint density at radius 2 is 2.07 bits per heavy atom. The zero-order valence-corrected chi connectivity index (χ0v) is 17.8. The molecule has 28 heavy (non-hydrogen) atoms. The summed E-state index contributed by atoms with van der Waals surface area (Å²) < 4.78 is 5.41. The maximum absolute atomic E-state index is 12.3. The van der Waals surface area contributed by atoms with Gasteiger partial charge in [-0.05, 0) is 33.3 Å². The molecule has 1 amide bonds. The van der Waals surface area contributed by atoms with Gasteiger partial charge in [0, 0.05) is 37.9 Å². The summed E-state index contributed by atoms with van der Waals surface area (Å²) >= 11 is 12.3. The second-order valence-electron chi connectivity index (χ2n) is 7.24. The van der Waals surface area contributed by atoms with Crippen molar-refractivity contribution >= 4 is 35.1 Å². The monoisotopic (exact) mass is 428 g/mol. The average Bonchev–Trinajstić information content (AvgIpc) is 3.07. The van der Waals surface area contributed by atoms with Crippen LogP contribution in [0.1, 0.15) is 27.2 Å². The molecule has 2 aromatic rings. The standard InChI is InChI=1S/C19H26Cl2N4O3/c1-19(2,3)28-18(27)25(9-5-11-26)10-8-22-16-12-15(23-24-16)13-6-4-7-14(20)17(13)21/h4,6-7,12,26H,5,8-11H2,1-3H3,(H2,22,23,24). The number of rotatable bonds is 8. The number of aromatic nitrogens is 2. The molecule has 3 N–H and O–H groups in total. The van der Waals surface area contributed by atoms with E-state index in [0.29, 0.717) is 41.9 Å². The quantitative estimate of drug-likeness (QED) is 0.578. The average molecular weight is 429 g/mol. The third-order valence-electron chi connectivity index (χ3n) is 3.75. The van der Waals surface area contributed by atoms with Crippen LogP contribution in [0.15, 0.2) is 24.3 Å². The fourth-order valence-corrected chi connectivity index (χ4v) is 2.87. The molecular weight excluding hydrogens is 403 g/mol. The van der Waals surface area contributed by atoms with Crippen molar-refractivity contribution in [3.63, 3.8) is 0 Å². The molecule has 9 heteroatoms. The van der Waals surface area contributed by atoms with Crippen molar-refractivity contribution in [2.75, 3.05) is 31.6 Å². The van der Waals surface area contributed by atoms with Crippen LogP contribution in [-0.2, 0) is 4.74 Å². The first-order valence-corrected chi connectivity index (χ1v) is 9.79. The van der Waals surface area contributed by atoms with Crippen LogP contribution in [0.25, 0.3) is 11.3 Å². The molecule has 0 aliphatic heterocycles. The van der Waals surface area contributed by atoms with Gasteiger partial charge >= 0.3 is 6.09 Å². The van der Waals surface area contributed by atoms with E-state index in [1.807, 2.05) is 39.0 Å². The molecule has 1 aromatic heterocycles. The number of nitrogens with zero attached hydrogens (tertiary/aromatic N) is 2. The summed E-state index contributed by atoms with van der Waals surface area (Å²) in [6, 6.07) is 7.21. The Hall–Kier alpha value is -1.96. The molecule has 0 saturated heterocycles. The second kappa shape index (κ2) is 10.0. The van der Waals surface area contributed by atoms with Gasteiger partial charge in [-0.1, -0.05) is 35.3 Å². The maximum Gasteiger partial charge on any atom is 0.410 e. The number of aliphatic hydroxyl groups is 1. The van der Waals surface area contributed by atoms with Crippen molar-refractivity contribution in [1.29, 1.82) is 0 Å². The Kier molecular flexibility index (Phi) is 7.98. The maximum atomic E-state index is 12.3. The van der Waals surface area contributed by atoms with E-state index in [2.05, 4.69) is 15.5 Å². The van der Waals surface area contributed by atoms with Gasteiger partial charge in [-0.3, -0.25) is 5.10 Å². The van der Waals surface area contributed by atoms with Gasteiger partial charge in [-0.15, -0.1) is 0 Å². The summed E-state index contributed by atoms with van der Waals surface area (Å²) in [6.45, 7) is 6.76. The number of benzene rings is 1. The molecule has 0 saturated carbocycles. The first-order valence-electron chi connectivity index (χ1n) is 9.03. The highest BCUT2D eigenvalue weighted by Gasteiger charge is 2.21. The number of amides is 1. The number of hydrogen-bond donors (Lipinski definition) is 3. The molecule has 0 aliphatic rings. The van der Waals surface area contributed by atoms with Gasteiger partial charge in [-0.25, -0.2) is 4.79 Å². The van der Waals surface area contributed by atoms with E-state index < -0.39 is 11.7 Å². The van der Waals surface area contributed by atoms with Crippen molar-refractivity contribution < 1.29 is 14.6 Å². The van der Waals surface area contributed by atoms with E-state index >= 15 is 0 Å². The molecular formula is C19H26Cl2N4O3. The summed E-state index contributed by atoms with van der Waals surface area (Å²) in [5, 5.41) is 20.3. The van der Waals surface area contributed by atoms with Crippen LogP contribution in [0.3, 0.4) is 0 Å². The van der Waals surface area contributed by atoms with Crippen LogP contribution in [0.5, 0.6) is 0 Å². The molecule has 1 aromatic carbocycles. The highest BCUT2D eigenvalue weighted by molar-refractivity contribution is 6.43. The molecule has 2 rings (SSSR count). The Labute approximate surface area is 175 Å². The highest BCUT2D eigenvalue weighted by atomic mass is 35.5. The van der Waals surface area contributed by atoms with E-state index in [0.717, 1.165) is 11.3 Å². The van der Waals surface area contributed by atoms with Crippen molar-refractivity contribution in [2.45, 2.75) is 32.8 Å². The van der Waals surface area contributed by atoms with Gasteiger partial charge < -0.3 is 20.1 Å². The van der Waals surface area contributed by atoms with Crippen LogP contribution in [0, 0.1) is 0 Å². The first-order chi connectivity index (χ1) is 13.2. The lowest BCUT2D eigenvalue weighted by Gasteiger charge is -2.27. The molecule has 0 atom stereocenters. The predicted octanol–water partition coefficient (Wildman–Crippen LogP) is 4.41. The van der Waals surface area contributed by atoms with Gasteiger partial charge in [0.1, 0.15) is 11.4 Å². The molecule has 0 aliphatic carbocycles. The van der Waals surface area contributed by atoms with E-state index in [1.54, 1.807) is 11.0 Å². The molecule has 0 spiro atoms. The van der Waals surface area contributed by atoms with E-state index in [1.165, 1.54) is 0 Å². The largest absolute Gasteiger partial charge is 0.444 e. The topological polar surface area (TPSA) is 90.5 Å². The third kappa shape index (κ3) is 6.58. The Balaban J connectivity index is 1.96. The lowest BCUT2D eigenvalue weighted by molar-refractivity contribution is 0.0248. The van der Waals surface area contributed by atoms with Gasteiger partial charge in [-0.2, -0.15) is 5.10 Å². The Bertz CT molecular complexity index is 790. The fraction of sp³-hybridized carbons (Fsp3) is 0.474. The van der Waals surface area contributed by atoms with Gasteiger partial charge in [0.25, 0.3) is 0 Å². The van der Waals surface area contributed by atoms with Crippen molar-refractivity contribution in [1.82, 2.24) is 15.1 Å². The predicted molar refractivity (Wildman–Crippen MR) is 112 cm³/mol. The van der Waals surface area contributed by atoms with Crippen molar-refractivity contribution in [3.8, 4) is 11.3 Å². The molecule has 0 bridgehead atoms. The number of aliphatic hydroxyl groups excluding tert-OH is 1. The SMILES string of the molecule is CC(C)(C)OC(=O)N(CCCO)CCNc1cc(-c2cccc(Cl)c2Cl)[nH]n1. The number of carbonyl (C=O) groups is 1.